The highest BCUT2D eigenvalue weighted by atomic mass is 79.9. The Kier molecular flexibility index (Phi) is 6.39. The minimum atomic E-state index is -4.03. The van der Waals surface area contributed by atoms with Crippen LogP contribution in [0.25, 0.3) is 0 Å². The quantitative estimate of drug-likeness (QED) is 0.538. The van der Waals surface area contributed by atoms with Gasteiger partial charge in [0.05, 0.1) is 4.90 Å². The van der Waals surface area contributed by atoms with E-state index in [4.69, 9.17) is 5.26 Å². The first-order valence-corrected chi connectivity index (χ1v) is 11.3. The average Bonchev–Trinajstić information content (AvgIpc) is 3.11. The van der Waals surface area contributed by atoms with Crippen molar-refractivity contribution in [2.24, 2.45) is 0 Å². The highest BCUT2D eigenvalue weighted by Crippen LogP contribution is 2.32. The summed E-state index contributed by atoms with van der Waals surface area (Å²) in [5, 5.41) is 9.12. The maximum atomic E-state index is 14.2. The zero-order chi connectivity index (χ0) is 20.5. The van der Waals surface area contributed by atoms with Crippen molar-refractivity contribution in [2.45, 2.75) is 23.9 Å². The van der Waals surface area contributed by atoms with Crippen LogP contribution in [-0.2, 0) is 16.6 Å². The van der Waals surface area contributed by atoms with Crippen molar-refractivity contribution in [3.63, 3.8) is 0 Å². The van der Waals surface area contributed by atoms with Crippen LogP contribution in [0.3, 0.4) is 0 Å². The number of hydrogen-bond acceptors (Lipinski definition) is 4. The molecule has 1 aliphatic heterocycles. The number of hydrogen-bond donors (Lipinski definition) is 0. The molecular weight excluding hydrogens is 520 g/mol. The fraction of sp³-hybridized carbons (Fsp3) is 0.278. The molecular formula is C18H15Br2F2N3O2S. The van der Waals surface area contributed by atoms with Crippen LogP contribution in [0.1, 0.15) is 12.0 Å². The summed E-state index contributed by atoms with van der Waals surface area (Å²) < 4.78 is 56.5. The summed E-state index contributed by atoms with van der Waals surface area (Å²) in [6, 6.07) is 7.30. The molecule has 148 valence electrons. The van der Waals surface area contributed by atoms with E-state index in [1.54, 1.807) is 12.1 Å². The lowest BCUT2D eigenvalue weighted by molar-refractivity contribution is 0.310. The van der Waals surface area contributed by atoms with Crippen molar-refractivity contribution in [2.75, 3.05) is 13.1 Å². The number of halogens is 4. The van der Waals surface area contributed by atoms with Gasteiger partial charge in [0.15, 0.2) is 6.19 Å². The highest BCUT2D eigenvalue weighted by Gasteiger charge is 2.37. The molecule has 10 heteroatoms. The summed E-state index contributed by atoms with van der Waals surface area (Å²) in [7, 11) is -4.03. The Bertz CT molecular complexity index is 1040. The third kappa shape index (κ3) is 4.38. The van der Waals surface area contributed by atoms with Gasteiger partial charge in [-0.2, -0.15) is 9.57 Å². The third-order valence-electron chi connectivity index (χ3n) is 4.53. The van der Waals surface area contributed by atoms with Crippen LogP contribution in [0.4, 0.5) is 8.78 Å². The Labute approximate surface area is 178 Å². The van der Waals surface area contributed by atoms with Crippen molar-refractivity contribution in [1.82, 2.24) is 9.21 Å². The molecule has 28 heavy (non-hydrogen) atoms. The molecule has 0 aromatic heterocycles. The van der Waals surface area contributed by atoms with Crippen LogP contribution >= 0.6 is 31.9 Å². The van der Waals surface area contributed by atoms with Gasteiger partial charge in [-0.1, -0.05) is 22.0 Å². The largest absolute Gasteiger partial charge is 0.309 e. The molecule has 0 aliphatic carbocycles. The van der Waals surface area contributed by atoms with Crippen LogP contribution < -0.4 is 0 Å². The first-order chi connectivity index (χ1) is 13.2. The van der Waals surface area contributed by atoms with Crippen LogP contribution in [0, 0.1) is 23.1 Å². The van der Waals surface area contributed by atoms with Crippen LogP contribution in [-0.4, -0.2) is 36.8 Å². The van der Waals surface area contributed by atoms with Crippen LogP contribution in [0.15, 0.2) is 50.2 Å². The van der Waals surface area contributed by atoms with Crippen molar-refractivity contribution >= 4 is 41.9 Å². The first-order valence-electron chi connectivity index (χ1n) is 8.28. The van der Waals surface area contributed by atoms with Crippen molar-refractivity contribution in [1.29, 1.82) is 5.26 Å². The van der Waals surface area contributed by atoms with E-state index >= 15 is 0 Å². The van der Waals surface area contributed by atoms with Crippen molar-refractivity contribution in [3.8, 4) is 6.19 Å². The molecule has 0 amide bonds. The zero-order valence-electron chi connectivity index (χ0n) is 14.4. The van der Waals surface area contributed by atoms with E-state index in [0.29, 0.717) is 21.9 Å². The molecule has 2 aromatic carbocycles. The van der Waals surface area contributed by atoms with Gasteiger partial charge in [0.2, 0.25) is 10.0 Å². The van der Waals surface area contributed by atoms with Crippen LogP contribution in [0.5, 0.6) is 0 Å². The number of likely N-dealkylation sites (tertiary alicyclic amines) is 1. The zero-order valence-corrected chi connectivity index (χ0v) is 18.4. The Morgan fingerprint density at radius 2 is 1.96 bits per heavy atom. The lowest BCUT2D eigenvalue weighted by atomic mass is 10.2. The topological polar surface area (TPSA) is 64.4 Å². The second-order valence-corrected chi connectivity index (χ2v) is 9.98. The molecule has 0 radical (unpaired) electrons. The second-order valence-electron chi connectivity index (χ2n) is 6.35. The average molecular weight is 535 g/mol. The standard InChI is InChI=1S/C18H15Br2F2N3O2S/c19-13-2-4-16(20)18(7-13)28(26,27)25(15-5-6-24(10-15)11-23)9-12-1-3-14(21)8-17(12)22/h1-4,7-8,15H,5-6,9-10H2/t15-/m1/s1. The number of nitriles is 1. The Morgan fingerprint density at radius 1 is 1.21 bits per heavy atom. The number of nitrogens with zero attached hydrogens (tertiary/aromatic N) is 3. The van der Waals surface area contributed by atoms with E-state index < -0.39 is 27.7 Å². The smallest absolute Gasteiger partial charge is 0.244 e. The van der Waals surface area contributed by atoms with Gasteiger partial charge in [0, 0.05) is 46.3 Å². The van der Waals surface area contributed by atoms with E-state index in [0.717, 1.165) is 12.1 Å². The van der Waals surface area contributed by atoms with Gasteiger partial charge >= 0.3 is 0 Å². The Balaban J connectivity index is 2.05. The minimum absolute atomic E-state index is 0.0276. The molecule has 1 aliphatic rings. The molecule has 1 fully saturated rings. The molecule has 0 spiro atoms. The number of rotatable bonds is 5. The molecule has 3 rings (SSSR count). The van der Waals surface area contributed by atoms with Gasteiger partial charge in [-0.15, -0.1) is 0 Å². The van der Waals surface area contributed by atoms with Gasteiger partial charge in [-0.3, -0.25) is 0 Å². The lowest BCUT2D eigenvalue weighted by Crippen LogP contribution is -2.41. The van der Waals surface area contributed by atoms with Gasteiger partial charge in [-0.05, 0) is 46.6 Å². The van der Waals surface area contributed by atoms with Gasteiger partial charge in [0.25, 0.3) is 0 Å². The van der Waals surface area contributed by atoms with Crippen molar-refractivity contribution < 1.29 is 17.2 Å². The molecule has 0 saturated carbocycles. The normalized spacial score (nSPS) is 17.1. The highest BCUT2D eigenvalue weighted by molar-refractivity contribution is 9.11. The molecule has 1 heterocycles. The van der Waals surface area contributed by atoms with E-state index in [2.05, 4.69) is 31.9 Å². The minimum Gasteiger partial charge on any atom is -0.309 e. The molecule has 0 unspecified atom stereocenters. The van der Waals surface area contributed by atoms with E-state index in [-0.39, 0.29) is 23.5 Å². The van der Waals surface area contributed by atoms with Crippen LogP contribution in [0.2, 0.25) is 0 Å². The molecule has 0 N–H and O–H groups in total. The third-order valence-corrected chi connectivity index (χ3v) is 7.92. The summed E-state index contributed by atoms with van der Waals surface area (Å²) >= 11 is 6.54. The summed E-state index contributed by atoms with van der Waals surface area (Å²) in [6.07, 6.45) is 2.45. The van der Waals surface area contributed by atoms with Gasteiger partial charge in [0.1, 0.15) is 11.6 Å². The van der Waals surface area contributed by atoms with Gasteiger partial charge < -0.3 is 4.90 Å². The number of sulfonamides is 1. The van der Waals surface area contributed by atoms with E-state index in [9.17, 15) is 17.2 Å². The first kappa shape index (κ1) is 21.2. The molecule has 1 atom stereocenters. The second kappa shape index (κ2) is 8.45. The lowest BCUT2D eigenvalue weighted by Gasteiger charge is -2.28. The SMILES string of the molecule is N#CN1CC[C@@H](N(Cc2ccc(F)cc2F)S(=O)(=O)c2cc(Br)ccc2Br)C1. The molecule has 0 bridgehead atoms. The molecule has 5 nitrogen and oxygen atoms in total. The summed E-state index contributed by atoms with van der Waals surface area (Å²) in [5.41, 5.74) is 0.0616. The predicted octanol–water partition coefficient (Wildman–Crippen LogP) is 4.24. The fourth-order valence-corrected chi connectivity index (χ4v) is 6.19. The Hall–Kier alpha value is -1.54. The van der Waals surface area contributed by atoms with Crippen molar-refractivity contribution in [3.05, 3.63) is 62.5 Å². The predicted molar refractivity (Wildman–Crippen MR) is 107 cm³/mol. The summed E-state index contributed by atoms with van der Waals surface area (Å²) in [4.78, 5) is 1.49. The maximum absolute atomic E-state index is 14.2. The monoisotopic (exact) mass is 533 g/mol. The van der Waals surface area contributed by atoms with E-state index in [1.807, 2.05) is 6.19 Å². The maximum Gasteiger partial charge on any atom is 0.244 e. The van der Waals surface area contributed by atoms with Gasteiger partial charge in [-0.25, -0.2) is 17.2 Å². The summed E-state index contributed by atoms with van der Waals surface area (Å²) in [6.45, 7) is 0.361. The number of benzene rings is 2. The molecule has 1 saturated heterocycles. The Morgan fingerprint density at radius 3 is 2.61 bits per heavy atom. The molecule has 2 aromatic rings. The summed E-state index contributed by atoms with van der Waals surface area (Å²) in [5.74, 6) is -1.55. The van der Waals surface area contributed by atoms with E-state index in [1.165, 1.54) is 21.3 Å². The fourth-order valence-electron chi connectivity index (χ4n) is 3.10.